The fraction of sp³-hybridized carbons (Fsp3) is 0.667. The summed E-state index contributed by atoms with van der Waals surface area (Å²) in [4.78, 5) is 18.0. The van der Waals surface area contributed by atoms with Crippen LogP contribution in [-0.4, -0.2) is 58.8 Å². The molecule has 2 rings (SSSR count). The summed E-state index contributed by atoms with van der Waals surface area (Å²) in [6, 6.07) is 0. The number of rotatable bonds is 4. The minimum absolute atomic E-state index is 0.132. The Morgan fingerprint density at radius 3 is 2.68 bits per heavy atom. The second-order valence-electron chi connectivity index (χ2n) is 4.48. The molecule has 1 fully saturated rings. The number of hydrogen-bond donors (Lipinski definition) is 1. The number of nitrogens with one attached hydrogen (secondary N) is 1. The van der Waals surface area contributed by atoms with E-state index in [1.54, 1.807) is 0 Å². The topological polar surface area (TPSA) is 80.2 Å². The molecule has 19 heavy (non-hydrogen) atoms. The van der Waals surface area contributed by atoms with Crippen LogP contribution in [0.4, 0.5) is 5.95 Å². The average molecular weight is 265 g/mol. The molecule has 0 unspecified atom stereocenters. The van der Waals surface area contributed by atoms with E-state index in [9.17, 15) is 4.79 Å². The Hall–Kier alpha value is -1.76. The van der Waals surface area contributed by atoms with Crippen molar-refractivity contribution in [2.24, 2.45) is 0 Å². The zero-order valence-corrected chi connectivity index (χ0v) is 11.3. The molecular weight excluding hydrogens is 246 g/mol. The summed E-state index contributed by atoms with van der Waals surface area (Å²) in [7, 11) is 0. The predicted molar refractivity (Wildman–Crippen MR) is 69.8 cm³/mol. The number of aryl methyl sites for hydroxylation is 2. The number of anilines is 1. The Morgan fingerprint density at radius 2 is 2.00 bits per heavy atom. The van der Waals surface area contributed by atoms with Gasteiger partial charge in [0.1, 0.15) is 0 Å². The van der Waals surface area contributed by atoms with Crippen molar-refractivity contribution in [1.29, 1.82) is 0 Å². The Bertz CT molecular complexity index is 446. The summed E-state index contributed by atoms with van der Waals surface area (Å²) in [5.74, 6) is 0.602. The lowest BCUT2D eigenvalue weighted by atomic mass is 10.3. The van der Waals surface area contributed by atoms with E-state index >= 15 is 0 Å². The molecule has 1 aliphatic rings. The lowest BCUT2D eigenvalue weighted by Crippen LogP contribution is -2.41. The Morgan fingerprint density at radius 1 is 1.26 bits per heavy atom. The summed E-state index contributed by atoms with van der Waals surface area (Å²) in [5.41, 5.74) is 1.66. The number of hydrogen-bond acceptors (Lipinski definition) is 6. The molecule has 1 aliphatic heterocycles. The number of nitrogens with zero attached hydrogens (tertiary/aromatic N) is 4. The zero-order valence-electron chi connectivity index (χ0n) is 11.3. The first-order valence-corrected chi connectivity index (χ1v) is 6.44. The molecule has 1 aromatic heterocycles. The summed E-state index contributed by atoms with van der Waals surface area (Å²) in [6.45, 7) is 6.88. The van der Waals surface area contributed by atoms with Crippen LogP contribution in [0.15, 0.2) is 0 Å². The Kier molecular flexibility index (Phi) is 4.62. The predicted octanol–water partition coefficient (Wildman–Crippen LogP) is 0.149. The first-order chi connectivity index (χ1) is 9.16. The first-order valence-electron chi connectivity index (χ1n) is 6.44. The highest BCUT2D eigenvalue weighted by atomic mass is 16.5. The normalized spacial score (nSPS) is 15.4. The van der Waals surface area contributed by atoms with E-state index in [0.717, 1.165) is 11.4 Å². The number of carbonyl (C=O) groups excluding carboxylic acids is 1. The molecule has 0 spiro atoms. The van der Waals surface area contributed by atoms with Gasteiger partial charge < -0.3 is 15.0 Å². The number of morpholine rings is 1. The lowest BCUT2D eigenvalue weighted by molar-refractivity contribution is -0.134. The summed E-state index contributed by atoms with van der Waals surface area (Å²) in [6.07, 6.45) is 0.427. The van der Waals surface area contributed by atoms with Crippen LogP contribution in [0.1, 0.15) is 17.8 Å². The molecule has 1 aromatic rings. The molecule has 7 nitrogen and oxygen atoms in total. The van der Waals surface area contributed by atoms with Crippen LogP contribution in [0.3, 0.4) is 0 Å². The number of carbonyl (C=O) groups is 1. The van der Waals surface area contributed by atoms with Gasteiger partial charge in [0.25, 0.3) is 0 Å². The summed E-state index contributed by atoms with van der Waals surface area (Å²) < 4.78 is 5.21. The van der Waals surface area contributed by atoms with Crippen LogP contribution < -0.4 is 5.32 Å². The van der Waals surface area contributed by atoms with Gasteiger partial charge in [0, 0.05) is 26.1 Å². The maximum absolute atomic E-state index is 11.9. The highest BCUT2D eigenvalue weighted by Gasteiger charge is 2.16. The van der Waals surface area contributed by atoms with Crippen molar-refractivity contribution in [2.75, 3.05) is 38.2 Å². The van der Waals surface area contributed by atoms with Crippen LogP contribution in [-0.2, 0) is 9.53 Å². The van der Waals surface area contributed by atoms with Crippen LogP contribution in [0.25, 0.3) is 0 Å². The molecular formula is C12H19N5O2. The molecule has 1 N–H and O–H groups in total. The van der Waals surface area contributed by atoms with E-state index in [1.807, 2.05) is 18.7 Å². The van der Waals surface area contributed by atoms with Gasteiger partial charge >= 0.3 is 0 Å². The highest BCUT2D eigenvalue weighted by molar-refractivity contribution is 5.76. The minimum atomic E-state index is 0.132. The fourth-order valence-electron chi connectivity index (χ4n) is 1.78. The van der Waals surface area contributed by atoms with Crippen molar-refractivity contribution < 1.29 is 9.53 Å². The highest BCUT2D eigenvalue weighted by Crippen LogP contribution is 2.03. The van der Waals surface area contributed by atoms with Gasteiger partial charge in [0.2, 0.25) is 11.9 Å². The molecule has 104 valence electrons. The number of ether oxygens (including phenoxy) is 1. The van der Waals surface area contributed by atoms with Crippen LogP contribution >= 0.6 is 0 Å². The third kappa shape index (κ3) is 3.85. The molecule has 1 saturated heterocycles. The first kappa shape index (κ1) is 13.7. The minimum Gasteiger partial charge on any atom is -0.378 e. The van der Waals surface area contributed by atoms with Crippen molar-refractivity contribution >= 4 is 11.9 Å². The van der Waals surface area contributed by atoms with Gasteiger partial charge in [-0.25, -0.2) is 4.98 Å². The van der Waals surface area contributed by atoms with E-state index in [4.69, 9.17) is 4.74 Å². The molecule has 1 amide bonds. The average Bonchev–Trinajstić information content (AvgIpc) is 2.43. The molecule has 0 atom stereocenters. The smallest absolute Gasteiger partial charge is 0.242 e. The van der Waals surface area contributed by atoms with Gasteiger partial charge in [0.05, 0.1) is 24.6 Å². The summed E-state index contributed by atoms with van der Waals surface area (Å²) in [5, 5.41) is 10.9. The van der Waals surface area contributed by atoms with Crippen LogP contribution in [0.2, 0.25) is 0 Å². The summed E-state index contributed by atoms with van der Waals surface area (Å²) >= 11 is 0. The standard InChI is InChI=1S/C12H19N5O2/c1-9-10(2)15-16-12(14-9)13-4-3-11(18)17-5-7-19-8-6-17/h3-8H2,1-2H3,(H,13,14,16). The second-order valence-corrected chi connectivity index (χ2v) is 4.48. The monoisotopic (exact) mass is 265 g/mol. The van der Waals surface area contributed by atoms with Gasteiger partial charge in [-0.1, -0.05) is 0 Å². The quantitative estimate of drug-likeness (QED) is 0.834. The second kappa shape index (κ2) is 6.42. The largest absolute Gasteiger partial charge is 0.378 e. The SMILES string of the molecule is Cc1nnc(NCCC(=O)N2CCOCC2)nc1C. The maximum Gasteiger partial charge on any atom is 0.242 e. The van der Waals surface area contributed by atoms with Crippen LogP contribution in [0.5, 0.6) is 0 Å². The Labute approximate surface area is 112 Å². The lowest BCUT2D eigenvalue weighted by Gasteiger charge is -2.26. The van der Waals surface area contributed by atoms with E-state index in [2.05, 4.69) is 20.5 Å². The van der Waals surface area contributed by atoms with E-state index in [-0.39, 0.29) is 5.91 Å². The van der Waals surface area contributed by atoms with E-state index in [0.29, 0.717) is 45.2 Å². The van der Waals surface area contributed by atoms with Gasteiger partial charge in [-0.2, -0.15) is 5.10 Å². The van der Waals surface area contributed by atoms with Crippen molar-refractivity contribution in [3.63, 3.8) is 0 Å². The Balaban J connectivity index is 1.76. The third-order valence-electron chi connectivity index (χ3n) is 3.08. The fourth-order valence-corrected chi connectivity index (χ4v) is 1.78. The van der Waals surface area contributed by atoms with Crippen molar-refractivity contribution in [3.8, 4) is 0 Å². The molecule has 7 heteroatoms. The van der Waals surface area contributed by atoms with E-state index in [1.165, 1.54) is 0 Å². The number of aromatic nitrogens is 3. The molecule has 0 bridgehead atoms. The van der Waals surface area contributed by atoms with Gasteiger partial charge in [-0.15, -0.1) is 5.10 Å². The van der Waals surface area contributed by atoms with Crippen molar-refractivity contribution in [3.05, 3.63) is 11.4 Å². The molecule has 0 aliphatic carbocycles. The van der Waals surface area contributed by atoms with Gasteiger partial charge in [-0.05, 0) is 13.8 Å². The number of amides is 1. The van der Waals surface area contributed by atoms with Gasteiger partial charge in [-0.3, -0.25) is 4.79 Å². The van der Waals surface area contributed by atoms with Crippen molar-refractivity contribution in [1.82, 2.24) is 20.1 Å². The molecule has 0 aromatic carbocycles. The van der Waals surface area contributed by atoms with Gasteiger partial charge in [0.15, 0.2) is 0 Å². The van der Waals surface area contributed by atoms with Crippen LogP contribution in [0, 0.1) is 13.8 Å². The maximum atomic E-state index is 11.9. The molecule has 0 radical (unpaired) electrons. The zero-order chi connectivity index (χ0) is 13.7. The van der Waals surface area contributed by atoms with Crippen molar-refractivity contribution in [2.45, 2.75) is 20.3 Å². The molecule has 2 heterocycles. The molecule has 0 saturated carbocycles. The third-order valence-corrected chi connectivity index (χ3v) is 3.08. The van der Waals surface area contributed by atoms with E-state index < -0.39 is 0 Å².